The Kier molecular flexibility index (Phi) is 4.44. The van der Waals surface area contributed by atoms with E-state index in [9.17, 15) is 4.79 Å². The first-order valence-electron chi connectivity index (χ1n) is 7.17. The molecule has 2 aromatic rings. The van der Waals surface area contributed by atoms with Crippen LogP contribution in [0.1, 0.15) is 18.1 Å². The number of hydrogen-bond donors (Lipinski definition) is 0. The van der Waals surface area contributed by atoms with Crippen LogP contribution in [0, 0.1) is 0 Å². The van der Waals surface area contributed by atoms with Crippen molar-refractivity contribution in [3.63, 3.8) is 0 Å². The van der Waals surface area contributed by atoms with E-state index < -0.39 is 5.97 Å². The van der Waals surface area contributed by atoms with Crippen molar-refractivity contribution in [2.24, 2.45) is 4.99 Å². The molecule has 1 aliphatic heterocycles. The molecule has 23 heavy (non-hydrogen) atoms. The van der Waals surface area contributed by atoms with Crippen molar-refractivity contribution in [2.45, 2.75) is 6.92 Å². The number of halogens is 1. The van der Waals surface area contributed by atoms with Crippen LogP contribution in [0.4, 0.5) is 0 Å². The molecule has 0 aliphatic carbocycles. The van der Waals surface area contributed by atoms with E-state index >= 15 is 0 Å². The summed E-state index contributed by atoms with van der Waals surface area (Å²) in [6, 6.07) is 14.4. The normalized spacial score (nSPS) is 15.5. The van der Waals surface area contributed by atoms with Crippen LogP contribution in [0.2, 0.25) is 5.02 Å². The molecule has 0 unspecified atom stereocenters. The third kappa shape index (κ3) is 3.60. The standard InChI is InChI=1S/C18H14ClNO3/c1-2-22-15-9-3-12(4-10-15)11-16-18(21)23-17(20-16)13-5-7-14(19)8-6-13/h3-11H,2H2,1H3/b16-11+. The first-order chi connectivity index (χ1) is 11.2. The Hall–Kier alpha value is -2.59. The number of carbonyl (C=O) groups excluding carboxylic acids is 1. The molecule has 0 N–H and O–H groups in total. The zero-order chi connectivity index (χ0) is 16.2. The number of ether oxygens (including phenoxy) is 2. The van der Waals surface area contributed by atoms with Crippen LogP contribution < -0.4 is 4.74 Å². The first-order valence-corrected chi connectivity index (χ1v) is 7.55. The summed E-state index contributed by atoms with van der Waals surface area (Å²) in [5, 5.41) is 0.615. The number of aliphatic imine (C=N–C) groups is 1. The molecule has 0 saturated heterocycles. The molecular formula is C18H14ClNO3. The van der Waals surface area contributed by atoms with Crippen molar-refractivity contribution < 1.29 is 14.3 Å². The fraction of sp³-hybridized carbons (Fsp3) is 0.111. The Labute approximate surface area is 139 Å². The number of hydrogen-bond acceptors (Lipinski definition) is 4. The van der Waals surface area contributed by atoms with Gasteiger partial charge in [-0.1, -0.05) is 23.7 Å². The van der Waals surface area contributed by atoms with E-state index in [0.29, 0.717) is 17.2 Å². The van der Waals surface area contributed by atoms with Crippen LogP contribution in [0.3, 0.4) is 0 Å². The van der Waals surface area contributed by atoms with Gasteiger partial charge in [0.2, 0.25) is 5.90 Å². The smallest absolute Gasteiger partial charge is 0.363 e. The Morgan fingerprint density at radius 2 is 1.83 bits per heavy atom. The molecule has 0 bridgehead atoms. The molecule has 0 saturated carbocycles. The van der Waals surface area contributed by atoms with E-state index in [1.54, 1.807) is 30.3 Å². The Morgan fingerprint density at radius 3 is 2.48 bits per heavy atom. The number of cyclic esters (lactones) is 1. The molecule has 5 heteroatoms. The van der Waals surface area contributed by atoms with Crippen molar-refractivity contribution in [3.8, 4) is 5.75 Å². The lowest BCUT2D eigenvalue weighted by Crippen LogP contribution is -2.05. The van der Waals surface area contributed by atoms with Gasteiger partial charge in [0.25, 0.3) is 0 Å². The Bertz CT molecular complexity index is 777. The summed E-state index contributed by atoms with van der Waals surface area (Å²) in [5.74, 6) is 0.599. The van der Waals surface area contributed by atoms with Crippen LogP contribution >= 0.6 is 11.6 Å². The number of benzene rings is 2. The highest BCUT2D eigenvalue weighted by atomic mass is 35.5. The average Bonchev–Trinajstić information content (AvgIpc) is 2.91. The molecule has 116 valence electrons. The van der Waals surface area contributed by atoms with Gasteiger partial charge in [0.15, 0.2) is 5.70 Å². The van der Waals surface area contributed by atoms with Crippen molar-refractivity contribution in [1.29, 1.82) is 0 Å². The van der Waals surface area contributed by atoms with Crippen molar-refractivity contribution in [2.75, 3.05) is 6.61 Å². The van der Waals surface area contributed by atoms with Gasteiger partial charge in [0, 0.05) is 10.6 Å². The SMILES string of the molecule is CCOc1ccc(/C=C2/N=C(c3ccc(Cl)cc3)OC2=O)cc1. The third-order valence-corrected chi connectivity index (χ3v) is 3.46. The second kappa shape index (κ2) is 6.67. The molecule has 0 fully saturated rings. The number of esters is 1. The molecule has 0 atom stereocenters. The van der Waals surface area contributed by atoms with Gasteiger partial charge in [-0.15, -0.1) is 0 Å². The predicted octanol–water partition coefficient (Wildman–Crippen LogP) is 4.08. The lowest BCUT2D eigenvalue weighted by Gasteiger charge is -2.02. The zero-order valence-electron chi connectivity index (χ0n) is 12.5. The molecular weight excluding hydrogens is 314 g/mol. The van der Waals surface area contributed by atoms with Crippen molar-refractivity contribution >= 4 is 29.5 Å². The molecule has 3 rings (SSSR count). The minimum Gasteiger partial charge on any atom is -0.494 e. The molecule has 0 aromatic heterocycles. The number of nitrogens with zero attached hydrogens (tertiary/aromatic N) is 1. The Morgan fingerprint density at radius 1 is 1.13 bits per heavy atom. The van der Waals surface area contributed by atoms with Crippen molar-refractivity contribution in [3.05, 3.63) is 70.4 Å². The largest absolute Gasteiger partial charge is 0.494 e. The van der Waals surface area contributed by atoms with Gasteiger partial charge in [0.1, 0.15) is 5.75 Å². The summed E-state index contributed by atoms with van der Waals surface area (Å²) in [6.45, 7) is 2.54. The highest BCUT2D eigenvalue weighted by Gasteiger charge is 2.23. The summed E-state index contributed by atoms with van der Waals surface area (Å²) in [5.41, 5.74) is 1.82. The van der Waals surface area contributed by atoms with E-state index in [2.05, 4.69) is 4.99 Å². The second-order valence-corrected chi connectivity index (χ2v) is 5.28. The van der Waals surface area contributed by atoms with E-state index in [4.69, 9.17) is 21.1 Å². The lowest BCUT2D eigenvalue weighted by molar-refractivity contribution is -0.129. The fourth-order valence-corrected chi connectivity index (χ4v) is 2.24. The monoisotopic (exact) mass is 327 g/mol. The van der Waals surface area contributed by atoms with E-state index in [1.165, 1.54) is 0 Å². The van der Waals surface area contributed by atoms with Crippen LogP contribution in [0.25, 0.3) is 6.08 Å². The maximum Gasteiger partial charge on any atom is 0.363 e. The van der Waals surface area contributed by atoms with E-state index in [-0.39, 0.29) is 11.6 Å². The van der Waals surface area contributed by atoms with Gasteiger partial charge >= 0.3 is 5.97 Å². The van der Waals surface area contributed by atoms with Crippen LogP contribution in [0.5, 0.6) is 5.75 Å². The van der Waals surface area contributed by atoms with E-state index in [0.717, 1.165) is 11.3 Å². The van der Waals surface area contributed by atoms with Gasteiger partial charge in [-0.25, -0.2) is 9.79 Å². The quantitative estimate of drug-likeness (QED) is 0.628. The minimum absolute atomic E-state index is 0.263. The van der Waals surface area contributed by atoms with Gasteiger partial charge in [0.05, 0.1) is 6.61 Å². The summed E-state index contributed by atoms with van der Waals surface area (Å²) in [7, 11) is 0. The highest BCUT2D eigenvalue weighted by molar-refractivity contribution is 6.30. The molecule has 0 spiro atoms. The minimum atomic E-state index is -0.469. The van der Waals surface area contributed by atoms with Crippen LogP contribution in [-0.4, -0.2) is 18.5 Å². The fourth-order valence-electron chi connectivity index (χ4n) is 2.11. The summed E-state index contributed by atoms with van der Waals surface area (Å²) < 4.78 is 10.6. The van der Waals surface area contributed by atoms with Gasteiger partial charge < -0.3 is 9.47 Å². The third-order valence-electron chi connectivity index (χ3n) is 3.21. The van der Waals surface area contributed by atoms with E-state index in [1.807, 2.05) is 31.2 Å². The highest BCUT2D eigenvalue weighted by Crippen LogP contribution is 2.21. The van der Waals surface area contributed by atoms with Crippen LogP contribution in [-0.2, 0) is 9.53 Å². The zero-order valence-corrected chi connectivity index (χ0v) is 13.2. The molecule has 2 aromatic carbocycles. The molecule has 0 radical (unpaired) electrons. The number of carbonyl (C=O) groups is 1. The number of rotatable bonds is 4. The summed E-state index contributed by atoms with van der Waals surface area (Å²) >= 11 is 5.85. The summed E-state index contributed by atoms with van der Waals surface area (Å²) in [4.78, 5) is 16.2. The average molecular weight is 328 g/mol. The predicted molar refractivity (Wildman–Crippen MR) is 89.7 cm³/mol. The molecule has 4 nitrogen and oxygen atoms in total. The Balaban J connectivity index is 1.84. The van der Waals surface area contributed by atoms with Crippen molar-refractivity contribution in [1.82, 2.24) is 0 Å². The topological polar surface area (TPSA) is 47.9 Å². The maximum atomic E-state index is 11.9. The first kappa shape index (κ1) is 15.3. The van der Waals surface area contributed by atoms with Crippen LogP contribution in [0.15, 0.2) is 59.2 Å². The molecule has 1 aliphatic rings. The molecule has 1 heterocycles. The summed E-state index contributed by atoms with van der Waals surface area (Å²) in [6.07, 6.45) is 1.68. The lowest BCUT2D eigenvalue weighted by atomic mass is 10.2. The maximum absolute atomic E-state index is 11.9. The molecule has 0 amide bonds. The van der Waals surface area contributed by atoms with Gasteiger partial charge in [-0.2, -0.15) is 0 Å². The van der Waals surface area contributed by atoms with Gasteiger partial charge in [-0.05, 0) is 55.0 Å². The second-order valence-electron chi connectivity index (χ2n) is 4.84. The van der Waals surface area contributed by atoms with Gasteiger partial charge in [-0.3, -0.25) is 0 Å².